The van der Waals surface area contributed by atoms with E-state index >= 15 is 0 Å². The molecule has 4 aromatic rings. The molecule has 0 saturated heterocycles. The van der Waals surface area contributed by atoms with Gasteiger partial charge in [0.15, 0.2) is 0 Å². The summed E-state index contributed by atoms with van der Waals surface area (Å²) < 4.78 is 11.0. The van der Waals surface area contributed by atoms with Gasteiger partial charge in [0.1, 0.15) is 5.78 Å². The van der Waals surface area contributed by atoms with Crippen LogP contribution in [0.15, 0.2) is 71.3 Å². The number of Topliss-reactive ketones (excluding diaryl/α,β-unsaturated/α-hetero) is 1. The lowest BCUT2D eigenvalue weighted by Crippen LogP contribution is -2.25. The standard InChI is InChI=1S/C28H27N3O4/c1-18-7-4-5-10-24(18)25-12-11-22(16-23(25)17-34-3)28-30-26(31-35-28)20-8-6-9-21(15-20)27(33)29-14-13-19(2)32/h4-12,15-16H,13-14,17H2,1-3H3,(H,29,33). The second-order valence-electron chi connectivity index (χ2n) is 8.33. The maximum atomic E-state index is 12.4. The van der Waals surface area contributed by atoms with Crippen LogP contribution in [0, 0.1) is 6.92 Å². The smallest absolute Gasteiger partial charge is 0.258 e. The summed E-state index contributed by atoms with van der Waals surface area (Å²) in [4.78, 5) is 28.1. The van der Waals surface area contributed by atoms with Crippen LogP contribution in [-0.2, 0) is 16.1 Å². The van der Waals surface area contributed by atoms with Crippen molar-refractivity contribution < 1.29 is 18.8 Å². The molecule has 0 atom stereocenters. The number of aryl methyl sites for hydroxylation is 1. The van der Waals surface area contributed by atoms with Crippen LogP contribution < -0.4 is 5.32 Å². The van der Waals surface area contributed by atoms with Crippen LogP contribution in [0.25, 0.3) is 34.0 Å². The Balaban J connectivity index is 1.59. The Morgan fingerprint density at radius 1 is 0.971 bits per heavy atom. The fourth-order valence-corrected chi connectivity index (χ4v) is 3.85. The van der Waals surface area contributed by atoms with Gasteiger partial charge in [-0.2, -0.15) is 4.98 Å². The zero-order valence-corrected chi connectivity index (χ0v) is 20.0. The van der Waals surface area contributed by atoms with Gasteiger partial charge in [0.2, 0.25) is 5.82 Å². The van der Waals surface area contributed by atoms with Gasteiger partial charge in [-0.05, 0) is 60.4 Å². The molecule has 0 radical (unpaired) electrons. The molecule has 0 spiro atoms. The van der Waals surface area contributed by atoms with Crippen molar-refractivity contribution in [2.45, 2.75) is 26.9 Å². The quantitative estimate of drug-likeness (QED) is 0.361. The summed E-state index contributed by atoms with van der Waals surface area (Å²) in [7, 11) is 1.67. The third kappa shape index (κ3) is 5.70. The largest absolute Gasteiger partial charge is 0.380 e. The molecule has 4 rings (SSSR count). The summed E-state index contributed by atoms with van der Waals surface area (Å²) in [6, 6.07) is 21.2. The number of ketones is 1. The summed E-state index contributed by atoms with van der Waals surface area (Å²) in [5.41, 5.74) is 6.35. The van der Waals surface area contributed by atoms with E-state index in [-0.39, 0.29) is 11.7 Å². The van der Waals surface area contributed by atoms with E-state index in [4.69, 9.17) is 9.26 Å². The molecular weight excluding hydrogens is 442 g/mol. The first-order valence-corrected chi connectivity index (χ1v) is 11.4. The van der Waals surface area contributed by atoms with E-state index in [0.29, 0.717) is 42.4 Å². The lowest BCUT2D eigenvalue weighted by Gasteiger charge is -2.12. The number of hydrogen-bond acceptors (Lipinski definition) is 6. The highest BCUT2D eigenvalue weighted by molar-refractivity contribution is 5.95. The van der Waals surface area contributed by atoms with Crippen molar-refractivity contribution in [1.29, 1.82) is 0 Å². The summed E-state index contributed by atoms with van der Waals surface area (Å²) in [6.45, 7) is 4.32. The topological polar surface area (TPSA) is 94.3 Å². The molecule has 7 nitrogen and oxygen atoms in total. The van der Waals surface area contributed by atoms with Gasteiger partial charge in [-0.15, -0.1) is 0 Å². The van der Waals surface area contributed by atoms with Gasteiger partial charge in [-0.25, -0.2) is 0 Å². The Morgan fingerprint density at radius 2 is 1.80 bits per heavy atom. The molecule has 3 aromatic carbocycles. The minimum atomic E-state index is -0.257. The summed E-state index contributed by atoms with van der Waals surface area (Å²) in [5.74, 6) is 0.534. The number of rotatable bonds is 9. The van der Waals surface area contributed by atoms with Crippen LogP contribution in [0.5, 0.6) is 0 Å². The maximum absolute atomic E-state index is 12.4. The minimum Gasteiger partial charge on any atom is -0.380 e. The van der Waals surface area contributed by atoms with Gasteiger partial charge in [-0.3, -0.25) is 9.59 Å². The minimum absolute atomic E-state index is 0.0268. The molecule has 0 aliphatic heterocycles. The summed E-state index contributed by atoms with van der Waals surface area (Å²) in [6.07, 6.45) is 0.299. The molecule has 1 N–H and O–H groups in total. The van der Waals surface area contributed by atoms with Crippen molar-refractivity contribution >= 4 is 11.7 Å². The fourth-order valence-electron chi connectivity index (χ4n) is 3.85. The van der Waals surface area contributed by atoms with E-state index < -0.39 is 0 Å². The van der Waals surface area contributed by atoms with Gasteiger partial charge in [0.25, 0.3) is 11.8 Å². The predicted octanol–water partition coefficient (Wildman–Crippen LogP) is 5.23. The number of hydrogen-bond donors (Lipinski definition) is 1. The van der Waals surface area contributed by atoms with Crippen LogP contribution >= 0.6 is 0 Å². The van der Waals surface area contributed by atoms with Crippen molar-refractivity contribution in [2.24, 2.45) is 0 Å². The third-order valence-corrected chi connectivity index (χ3v) is 5.66. The molecule has 1 heterocycles. The normalized spacial score (nSPS) is 10.8. The third-order valence-electron chi connectivity index (χ3n) is 5.66. The van der Waals surface area contributed by atoms with Crippen molar-refractivity contribution in [3.8, 4) is 34.0 Å². The van der Waals surface area contributed by atoms with E-state index in [1.807, 2.05) is 36.4 Å². The SMILES string of the molecule is COCc1cc(-c2nc(-c3cccc(C(=O)NCCC(C)=O)c3)no2)ccc1-c1ccccc1C. The maximum Gasteiger partial charge on any atom is 0.258 e. The highest BCUT2D eigenvalue weighted by Crippen LogP contribution is 2.31. The zero-order valence-electron chi connectivity index (χ0n) is 20.0. The monoisotopic (exact) mass is 469 g/mol. The Kier molecular flexibility index (Phi) is 7.48. The highest BCUT2D eigenvalue weighted by atomic mass is 16.5. The van der Waals surface area contributed by atoms with Crippen molar-refractivity contribution in [3.05, 3.63) is 83.4 Å². The van der Waals surface area contributed by atoms with Gasteiger partial charge < -0.3 is 14.6 Å². The summed E-state index contributed by atoms with van der Waals surface area (Å²) >= 11 is 0. The van der Waals surface area contributed by atoms with E-state index in [0.717, 1.165) is 22.3 Å². The number of benzene rings is 3. The molecule has 1 aromatic heterocycles. The second kappa shape index (κ2) is 10.9. The Hall–Kier alpha value is -4.10. The van der Waals surface area contributed by atoms with Crippen LogP contribution in [0.1, 0.15) is 34.8 Å². The Morgan fingerprint density at radius 3 is 2.57 bits per heavy atom. The van der Waals surface area contributed by atoms with Crippen LogP contribution in [0.3, 0.4) is 0 Å². The first kappa shape index (κ1) is 24.0. The molecular formula is C28H27N3O4. The van der Waals surface area contributed by atoms with Crippen LogP contribution in [0.2, 0.25) is 0 Å². The first-order valence-electron chi connectivity index (χ1n) is 11.4. The average Bonchev–Trinajstić information content (AvgIpc) is 3.35. The average molecular weight is 470 g/mol. The molecule has 0 aliphatic carbocycles. The lowest BCUT2D eigenvalue weighted by molar-refractivity contribution is -0.116. The fraction of sp³-hybridized carbons (Fsp3) is 0.214. The highest BCUT2D eigenvalue weighted by Gasteiger charge is 2.15. The van der Waals surface area contributed by atoms with E-state index in [1.165, 1.54) is 12.5 Å². The van der Waals surface area contributed by atoms with Gasteiger partial charge in [-0.1, -0.05) is 47.6 Å². The Labute approximate surface area is 204 Å². The molecule has 7 heteroatoms. The van der Waals surface area contributed by atoms with E-state index in [1.54, 1.807) is 25.3 Å². The number of aromatic nitrogens is 2. The number of carbonyl (C=O) groups is 2. The second-order valence-corrected chi connectivity index (χ2v) is 8.33. The molecule has 0 aliphatic rings. The van der Waals surface area contributed by atoms with Gasteiger partial charge >= 0.3 is 0 Å². The number of nitrogens with one attached hydrogen (secondary N) is 1. The molecule has 1 amide bonds. The summed E-state index contributed by atoms with van der Waals surface area (Å²) in [5, 5.41) is 6.87. The van der Waals surface area contributed by atoms with Gasteiger partial charge in [0.05, 0.1) is 6.61 Å². The number of nitrogens with zero attached hydrogens (tertiary/aromatic N) is 2. The number of ether oxygens (including phenoxy) is 1. The van der Waals surface area contributed by atoms with Crippen LogP contribution in [-0.4, -0.2) is 35.5 Å². The lowest BCUT2D eigenvalue weighted by atomic mass is 9.94. The zero-order chi connectivity index (χ0) is 24.8. The van der Waals surface area contributed by atoms with Crippen molar-refractivity contribution in [1.82, 2.24) is 15.5 Å². The Bertz CT molecular complexity index is 1360. The van der Waals surface area contributed by atoms with Crippen LogP contribution in [0.4, 0.5) is 0 Å². The number of methoxy groups -OCH3 is 1. The molecule has 178 valence electrons. The van der Waals surface area contributed by atoms with Gasteiger partial charge in [0, 0.05) is 36.8 Å². The van der Waals surface area contributed by atoms with Crippen molar-refractivity contribution in [2.75, 3.05) is 13.7 Å². The van der Waals surface area contributed by atoms with E-state index in [9.17, 15) is 9.59 Å². The molecule has 0 saturated carbocycles. The molecule has 0 fully saturated rings. The molecule has 35 heavy (non-hydrogen) atoms. The molecule has 0 unspecified atom stereocenters. The first-order chi connectivity index (χ1) is 17.0. The number of carbonyl (C=O) groups excluding carboxylic acids is 2. The number of amides is 1. The molecule has 0 bridgehead atoms. The van der Waals surface area contributed by atoms with Crippen molar-refractivity contribution in [3.63, 3.8) is 0 Å². The van der Waals surface area contributed by atoms with E-state index in [2.05, 4.69) is 34.5 Å². The predicted molar refractivity (Wildman–Crippen MR) is 134 cm³/mol.